The molecule has 0 spiro atoms. The van der Waals surface area contributed by atoms with E-state index in [1.54, 1.807) is 12.1 Å². The maximum atomic E-state index is 13.5. The number of hydrogen-bond donors (Lipinski definition) is 1. The van der Waals surface area contributed by atoms with Gasteiger partial charge in [-0.05, 0) is 75.0 Å². The fourth-order valence-corrected chi connectivity index (χ4v) is 3.69. The predicted octanol–water partition coefficient (Wildman–Crippen LogP) is 2.66. The van der Waals surface area contributed by atoms with Crippen LogP contribution in [0.2, 0.25) is 0 Å². The molecule has 3 rings (SSSR count). The Morgan fingerprint density at radius 1 is 1.24 bits per heavy atom. The van der Waals surface area contributed by atoms with E-state index in [1.165, 1.54) is 38.3 Å². The number of hydrogen-bond acceptors (Lipinski definition) is 3. The Balaban J connectivity index is 1.55. The zero-order valence-electron chi connectivity index (χ0n) is 12.3. The van der Waals surface area contributed by atoms with Gasteiger partial charge in [-0.15, -0.1) is 0 Å². The summed E-state index contributed by atoms with van der Waals surface area (Å²) >= 11 is 0. The molecule has 0 aliphatic carbocycles. The fraction of sp³-hybridized carbons (Fsp3) is 0.588. The van der Waals surface area contributed by atoms with Gasteiger partial charge in [-0.3, -0.25) is 4.90 Å². The SMILES string of the molecule is N#Cc1cc(F)cc(CN2CCC(C3CCCN3)CC2)c1. The zero-order chi connectivity index (χ0) is 14.7. The fourth-order valence-electron chi connectivity index (χ4n) is 3.69. The second-order valence-corrected chi connectivity index (χ2v) is 6.28. The number of likely N-dealkylation sites (tertiary alicyclic amines) is 1. The molecule has 112 valence electrons. The van der Waals surface area contributed by atoms with Gasteiger partial charge in [-0.25, -0.2) is 4.39 Å². The van der Waals surface area contributed by atoms with Gasteiger partial charge in [0.2, 0.25) is 0 Å². The van der Waals surface area contributed by atoms with Gasteiger partial charge in [-0.1, -0.05) is 0 Å². The van der Waals surface area contributed by atoms with Gasteiger partial charge in [0, 0.05) is 12.6 Å². The number of nitrogens with zero attached hydrogens (tertiary/aromatic N) is 2. The minimum atomic E-state index is -0.311. The summed E-state index contributed by atoms with van der Waals surface area (Å²) in [5.74, 6) is 0.486. The largest absolute Gasteiger partial charge is 0.314 e. The van der Waals surface area contributed by atoms with Crippen molar-refractivity contribution in [3.05, 3.63) is 35.1 Å². The Hall–Kier alpha value is -1.44. The second-order valence-electron chi connectivity index (χ2n) is 6.28. The quantitative estimate of drug-likeness (QED) is 0.929. The lowest BCUT2D eigenvalue weighted by atomic mass is 9.88. The van der Waals surface area contributed by atoms with Crippen molar-refractivity contribution in [2.75, 3.05) is 19.6 Å². The first-order chi connectivity index (χ1) is 10.2. The highest BCUT2D eigenvalue weighted by molar-refractivity contribution is 5.33. The highest BCUT2D eigenvalue weighted by Crippen LogP contribution is 2.26. The molecule has 2 fully saturated rings. The number of nitrogens with one attached hydrogen (secondary N) is 1. The molecule has 21 heavy (non-hydrogen) atoms. The summed E-state index contributed by atoms with van der Waals surface area (Å²) in [5, 5.41) is 12.5. The van der Waals surface area contributed by atoms with Crippen LogP contribution in [0.5, 0.6) is 0 Å². The van der Waals surface area contributed by atoms with Crippen LogP contribution in [0.15, 0.2) is 18.2 Å². The van der Waals surface area contributed by atoms with Gasteiger partial charge >= 0.3 is 0 Å². The normalized spacial score (nSPS) is 24.1. The molecule has 0 aromatic heterocycles. The lowest BCUT2D eigenvalue weighted by Gasteiger charge is -2.35. The Kier molecular flexibility index (Phi) is 4.52. The third kappa shape index (κ3) is 3.61. The van der Waals surface area contributed by atoms with E-state index in [-0.39, 0.29) is 5.82 Å². The molecule has 2 aliphatic heterocycles. The number of benzene rings is 1. The van der Waals surface area contributed by atoms with E-state index in [1.807, 2.05) is 6.07 Å². The van der Waals surface area contributed by atoms with E-state index in [2.05, 4.69) is 10.2 Å². The van der Waals surface area contributed by atoms with Crippen molar-refractivity contribution >= 4 is 0 Å². The van der Waals surface area contributed by atoms with Crippen LogP contribution in [-0.2, 0) is 6.54 Å². The summed E-state index contributed by atoms with van der Waals surface area (Å²) in [6.07, 6.45) is 5.07. The van der Waals surface area contributed by atoms with Crippen molar-refractivity contribution in [1.82, 2.24) is 10.2 Å². The molecule has 4 heteroatoms. The van der Waals surface area contributed by atoms with Crippen LogP contribution in [-0.4, -0.2) is 30.6 Å². The Labute approximate surface area is 125 Å². The lowest BCUT2D eigenvalue weighted by Crippen LogP contribution is -2.40. The van der Waals surface area contributed by atoms with E-state index in [0.29, 0.717) is 11.6 Å². The molecule has 0 bridgehead atoms. The molecular weight excluding hydrogens is 265 g/mol. The van der Waals surface area contributed by atoms with E-state index in [0.717, 1.165) is 31.1 Å². The number of piperidine rings is 1. The van der Waals surface area contributed by atoms with E-state index < -0.39 is 0 Å². The Bertz CT molecular complexity index is 523. The van der Waals surface area contributed by atoms with Gasteiger partial charge in [0.05, 0.1) is 11.6 Å². The molecular formula is C17H22FN3. The van der Waals surface area contributed by atoms with Gasteiger partial charge in [-0.2, -0.15) is 5.26 Å². The number of rotatable bonds is 3. The first-order valence-corrected chi connectivity index (χ1v) is 7.90. The zero-order valence-corrected chi connectivity index (χ0v) is 12.3. The summed E-state index contributed by atoms with van der Waals surface area (Å²) in [6, 6.07) is 7.38. The monoisotopic (exact) mass is 287 g/mol. The molecule has 2 saturated heterocycles. The molecule has 0 saturated carbocycles. The van der Waals surface area contributed by atoms with Crippen molar-refractivity contribution in [2.45, 2.75) is 38.3 Å². The maximum Gasteiger partial charge on any atom is 0.124 e. The van der Waals surface area contributed by atoms with Crippen LogP contribution < -0.4 is 5.32 Å². The standard InChI is InChI=1S/C17H22FN3/c18-16-9-13(11-19)8-14(10-16)12-21-6-3-15(4-7-21)17-2-1-5-20-17/h8-10,15,17,20H,1-7,12H2. The average molecular weight is 287 g/mol. The molecule has 1 unspecified atom stereocenters. The minimum Gasteiger partial charge on any atom is -0.314 e. The van der Waals surface area contributed by atoms with E-state index in [9.17, 15) is 4.39 Å². The lowest BCUT2D eigenvalue weighted by molar-refractivity contribution is 0.157. The molecule has 0 amide bonds. The first-order valence-electron chi connectivity index (χ1n) is 7.90. The van der Waals surface area contributed by atoms with Crippen molar-refractivity contribution in [3.63, 3.8) is 0 Å². The molecule has 0 radical (unpaired) electrons. The van der Waals surface area contributed by atoms with Crippen LogP contribution in [0, 0.1) is 23.1 Å². The van der Waals surface area contributed by atoms with Crippen molar-refractivity contribution in [1.29, 1.82) is 5.26 Å². The van der Waals surface area contributed by atoms with Gasteiger partial charge in [0.1, 0.15) is 5.82 Å². The molecule has 2 heterocycles. The molecule has 1 aromatic rings. The maximum absolute atomic E-state index is 13.5. The van der Waals surface area contributed by atoms with Crippen LogP contribution in [0.4, 0.5) is 4.39 Å². The summed E-state index contributed by atoms with van der Waals surface area (Å²) in [6.45, 7) is 4.06. The summed E-state index contributed by atoms with van der Waals surface area (Å²) in [5.41, 5.74) is 1.32. The summed E-state index contributed by atoms with van der Waals surface area (Å²) in [7, 11) is 0. The molecule has 2 aliphatic rings. The molecule has 3 nitrogen and oxygen atoms in total. The predicted molar refractivity (Wildman–Crippen MR) is 80.1 cm³/mol. The Morgan fingerprint density at radius 3 is 2.71 bits per heavy atom. The topological polar surface area (TPSA) is 39.1 Å². The highest BCUT2D eigenvalue weighted by atomic mass is 19.1. The van der Waals surface area contributed by atoms with Gasteiger partial charge in [0.25, 0.3) is 0 Å². The van der Waals surface area contributed by atoms with E-state index >= 15 is 0 Å². The van der Waals surface area contributed by atoms with Gasteiger partial charge in [0.15, 0.2) is 0 Å². The molecule has 1 N–H and O–H groups in total. The molecule has 1 atom stereocenters. The summed E-state index contributed by atoms with van der Waals surface area (Å²) < 4.78 is 13.5. The summed E-state index contributed by atoms with van der Waals surface area (Å²) in [4.78, 5) is 2.38. The van der Waals surface area contributed by atoms with Gasteiger partial charge < -0.3 is 5.32 Å². The first kappa shape index (κ1) is 14.5. The van der Waals surface area contributed by atoms with Crippen LogP contribution in [0.1, 0.15) is 36.8 Å². The van der Waals surface area contributed by atoms with Crippen molar-refractivity contribution in [2.24, 2.45) is 5.92 Å². The second kappa shape index (κ2) is 6.55. The third-order valence-electron chi connectivity index (χ3n) is 4.79. The molecule has 1 aromatic carbocycles. The average Bonchev–Trinajstić information content (AvgIpc) is 3.01. The third-order valence-corrected chi connectivity index (χ3v) is 4.79. The minimum absolute atomic E-state index is 0.311. The Morgan fingerprint density at radius 2 is 2.05 bits per heavy atom. The number of halogens is 1. The highest BCUT2D eigenvalue weighted by Gasteiger charge is 2.28. The van der Waals surface area contributed by atoms with Crippen LogP contribution >= 0.6 is 0 Å². The smallest absolute Gasteiger partial charge is 0.124 e. The van der Waals surface area contributed by atoms with Crippen molar-refractivity contribution in [3.8, 4) is 6.07 Å². The van der Waals surface area contributed by atoms with Crippen molar-refractivity contribution < 1.29 is 4.39 Å². The van der Waals surface area contributed by atoms with Crippen LogP contribution in [0.3, 0.4) is 0 Å². The van der Waals surface area contributed by atoms with E-state index in [4.69, 9.17) is 5.26 Å². The van der Waals surface area contributed by atoms with Crippen LogP contribution in [0.25, 0.3) is 0 Å². The number of nitriles is 1.